The van der Waals surface area contributed by atoms with E-state index in [1.54, 1.807) is 0 Å². The lowest BCUT2D eigenvalue weighted by atomic mass is 10.1. The van der Waals surface area contributed by atoms with Crippen LogP contribution in [0.2, 0.25) is 0 Å². The second-order valence-electron chi connectivity index (χ2n) is 3.45. The first-order valence-corrected chi connectivity index (χ1v) is 5.73. The Morgan fingerprint density at radius 1 is 1.14 bits per heavy atom. The summed E-state index contributed by atoms with van der Waals surface area (Å²) >= 11 is 0. The minimum Gasteiger partial charge on any atom is -0.394 e. The van der Waals surface area contributed by atoms with E-state index >= 15 is 0 Å². The van der Waals surface area contributed by atoms with E-state index in [-0.39, 0.29) is 0 Å². The molecule has 14 heavy (non-hydrogen) atoms. The molecular weight excluding hydrogens is 210 g/mol. The summed E-state index contributed by atoms with van der Waals surface area (Å²) in [7, 11) is -3.62. The number of hydrogen-bond acceptors (Lipinski definition) is 5. The minimum absolute atomic E-state index is 0.661. The van der Waals surface area contributed by atoms with Crippen LogP contribution in [0, 0.1) is 0 Å². The van der Waals surface area contributed by atoms with E-state index in [0.717, 1.165) is 0 Å². The van der Waals surface area contributed by atoms with Crippen LogP contribution in [-0.2, 0) is 10.0 Å². The quantitative estimate of drug-likeness (QED) is 0.421. The highest BCUT2D eigenvalue weighted by Crippen LogP contribution is 2.07. The van der Waals surface area contributed by atoms with Gasteiger partial charge < -0.3 is 15.3 Å². The molecule has 0 fully saturated rings. The third kappa shape index (κ3) is 3.18. The van der Waals surface area contributed by atoms with Crippen molar-refractivity contribution in [1.82, 2.24) is 4.72 Å². The third-order valence-corrected chi connectivity index (χ3v) is 3.85. The van der Waals surface area contributed by atoms with Crippen molar-refractivity contribution in [2.24, 2.45) is 0 Å². The number of aliphatic hydroxyl groups is 3. The van der Waals surface area contributed by atoms with Crippen molar-refractivity contribution in [2.75, 3.05) is 19.8 Å². The van der Waals surface area contributed by atoms with Gasteiger partial charge in [0.1, 0.15) is 5.54 Å². The van der Waals surface area contributed by atoms with Crippen molar-refractivity contribution in [3.8, 4) is 0 Å². The Kier molecular flexibility index (Phi) is 4.96. The van der Waals surface area contributed by atoms with E-state index < -0.39 is 40.6 Å². The molecule has 0 rings (SSSR count). The van der Waals surface area contributed by atoms with Gasteiger partial charge in [-0.25, -0.2) is 13.1 Å². The SMILES string of the molecule is CC(C)S(=O)(=O)NC(CO)(CO)CO. The maximum Gasteiger partial charge on any atom is 0.214 e. The summed E-state index contributed by atoms with van der Waals surface area (Å²) in [6.07, 6.45) is 0. The Labute approximate surface area is 83.6 Å². The van der Waals surface area contributed by atoms with Gasteiger partial charge in [-0.2, -0.15) is 0 Å². The van der Waals surface area contributed by atoms with E-state index in [2.05, 4.69) is 4.72 Å². The highest BCUT2D eigenvalue weighted by atomic mass is 32.2. The number of aliphatic hydroxyl groups excluding tert-OH is 3. The van der Waals surface area contributed by atoms with Crippen molar-refractivity contribution in [3.63, 3.8) is 0 Å². The summed E-state index contributed by atoms with van der Waals surface area (Å²) in [5, 5.41) is 25.9. The number of hydrogen-bond donors (Lipinski definition) is 4. The monoisotopic (exact) mass is 227 g/mol. The Morgan fingerprint density at radius 3 is 1.71 bits per heavy atom. The van der Waals surface area contributed by atoms with E-state index in [0.29, 0.717) is 0 Å². The Bertz CT molecular complexity index is 249. The minimum atomic E-state index is -3.62. The molecule has 0 radical (unpaired) electrons. The zero-order valence-corrected chi connectivity index (χ0v) is 9.08. The lowest BCUT2D eigenvalue weighted by molar-refractivity contribution is 0.0580. The van der Waals surface area contributed by atoms with E-state index in [9.17, 15) is 8.42 Å². The van der Waals surface area contributed by atoms with Crippen LogP contribution in [0.15, 0.2) is 0 Å². The topological polar surface area (TPSA) is 107 Å². The third-order valence-electron chi connectivity index (χ3n) is 1.89. The summed E-state index contributed by atoms with van der Waals surface area (Å²) in [6.45, 7) is 0.933. The maximum absolute atomic E-state index is 11.4. The predicted octanol–water partition coefficient (Wildman–Crippen LogP) is -1.97. The number of rotatable bonds is 6. The van der Waals surface area contributed by atoms with Gasteiger partial charge in [0.2, 0.25) is 10.0 Å². The molecule has 0 heterocycles. The molecule has 0 aromatic carbocycles. The van der Waals surface area contributed by atoms with Gasteiger partial charge in [-0.1, -0.05) is 0 Å². The van der Waals surface area contributed by atoms with Gasteiger partial charge in [-0.05, 0) is 13.8 Å². The molecule has 0 aliphatic carbocycles. The van der Waals surface area contributed by atoms with Gasteiger partial charge in [-0.15, -0.1) is 0 Å². The molecule has 0 aliphatic heterocycles. The van der Waals surface area contributed by atoms with Gasteiger partial charge in [0, 0.05) is 0 Å². The Balaban J connectivity index is 4.78. The standard InChI is InChI=1S/C7H17NO5S/c1-6(2)14(12,13)8-7(3-9,4-10)5-11/h6,8-11H,3-5H2,1-2H3. The lowest BCUT2D eigenvalue weighted by Gasteiger charge is -2.29. The normalized spacial score (nSPS) is 13.6. The number of nitrogens with one attached hydrogen (secondary N) is 1. The molecule has 0 unspecified atom stereocenters. The second kappa shape index (κ2) is 5.04. The van der Waals surface area contributed by atoms with Gasteiger partial charge in [0.25, 0.3) is 0 Å². The van der Waals surface area contributed by atoms with Crippen LogP contribution in [0.5, 0.6) is 0 Å². The molecule has 0 saturated carbocycles. The fourth-order valence-electron chi connectivity index (χ4n) is 0.666. The molecule has 0 bridgehead atoms. The number of sulfonamides is 1. The highest BCUT2D eigenvalue weighted by Gasteiger charge is 2.34. The molecule has 4 N–H and O–H groups in total. The van der Waals surface area contributed by atoms with Gasteiger partial charge in [0.05, 0.1) is 25.1 Å². The Hall–Kier alpha value is -0.210. The van der Waals surface area contributed by atoms with Crippen molar-refractivity contribution in [1.29, 1.82) is 0 Å². The first kappa shape index (κ1) is 13.8. The highest BCUT2D eigenvalue weighted by molar-refractivity contribution is 7.90. The molecular formula is C7H17NO5S. The van der Waals surface area contributed by atoms with E-state index in [1.165, 1.54) is 13.8 Å². The molecule has 0 aromatic heterocycles. The van der Waals surface area contributed by atoms with Crippen molar-refractivity contribution >= 4 is 10.0 Å². The zero-order chi connectivity index (χ0) is 11.4. The Morgan fingerprint density at radius 2 is 1.50 bits per heavy atom. The largest absolute Gasteiger partial charge is 0.394 e. The molecule has 0 saturated heterocycles. The summed E-state index contributed by atoms with van der Waals surface area (Å²) in [5.41, 5.74) is -1.58. The fourth-order valence-corrected chi connectivity index (χ4v) is 1.70. The average Bonchev–Trinajstić information content (AvgIpc) is 2.14. The van der Waals surface area contributed by atoms with Gasteiger partial charge in [-0.3, -0.25) is 0 Å². The van der Waals surface area contributed by atoms with Crippen LogP contribution < -0.4 is 4.72 Å². The fraction of sp³-hybridized carbons (Fsp3) is 1.00. The summed E-state index contributed by atoms with van der Waals surface area (Å²) in [5.74, 6) is 0. The molecule has 0 aliphatic rings. The van der Waals surface area contributed by atoms with Crippen LogP contribution in [-0.4, -0.2) is 54.3 Å². The molecule has 0 amide bonds. The van der Waals surface area contributed by atoms with Gasteiger partial charge in [0.15, 0.2) is 0 Å². The van der Waals surface area contributed by atoms with Crippen LogP contribution in [0.25, 0.3) is 0 Å². The first-order valence-electron chi connectivity index (χ1n) is 4.19. The zero-order valence-electron chi connectivity index (χ0n) is 8.27. The summed E-state index contributed by atoms with van der Waals surface area (Å²) in [4.78, 5) is 0. The molecule has 0 atom stereocenters. The summed E-state index contributed by atoms with van der Waals surface area (Å²) < 4.78 is 24.8. The van der Waals surface area contributed by atoms with Crippen LogP contribution in [0.3, 0.4) is 0 Å². The van der Waals surface area contributed by atoms with Crippen molar-refractivity contribution in [3.05, 3.63) is 0 Å². The van der Waals surface area contributed by atoms with Gasteiger partial charge >= 0.3 is 0 Å². The second-order valence-corrected chi connectivity index (χ2v) is 5.69. The van der Waals surface area contributed by atoms with Crippen LogP contribution in [0.1, 0.15) is 13.8 Å². The smallest absolute Gasteiger partial charge is 0.214 e. The molecule has 86 valence electrons. The first-order chi connectivity index (χ1) is 6.33. The maximum atomic E-state index is 11.4. The van der Waals surface area contributed by atoms with E-state index in [4.69, 9.17) is 15.3 Å². The molecule has 6 nitrogen and oxygen atoms in total. The van der Waals surface area contributed by atoms with Crippen molar-refractivity contribution in [2.45, 2.75) is 24.6 Å². The molecule has 0 spiro atoms. The lowest BCUT2D eigenvalue weighted by Crippen LogP contribution is -2.58. The average molecular weight is 227 g/mol. The van der Waals surface area contributed by atoms with Crippen LogP contribution in [0.4, 0.5) is 0 Å². The molecule has 7 heteroatoms. The molecule has 0 aromatic rings. The van der Waals surface area contributed by atoms with E-state index in [1.807, 2.05) is 0 Å². The van der Waals surface area contributed by atoms with Crippen molar-refractivity contribution < 1.29 is 23.7 Å². The summed E-state index contributed by atoms with van der Waals surface area (Å²) in [6, 6.07) is 0. The predicted molar refractivity (Wildman–Crippen MR) is 51.2 cm³/mol. The van der Waals surface area contributed by atoms with Crippen LogP contribution >= 0.6 is 0 Å².